The van der Waals surface area contributed by atoms with Gasteiger partial charge in [0, 0.05) is 0 Å². The van der Waals surface area contributed by atoms with Crippen LogP contribution in [0.3, 0.4) is 0 Å². The van der Waals surface area contributed by atoms with E-state index in [9.17, 15) is 18.4 Å². The zero-order chi connectivity index (χ0) is 17.0. The summed E-state index contributed by atoms with van der Waals surface area (Å²) >= 11 is 0.857. The second-order valence-electron chi connectivity index (χ2n) is 4.54. The molecule has 1 atom stereocenters. The Hall–Kier alpha value is -2.42. The minimum Gasteiger partial charge on any atom is -0.448 e. The van der Waals surface area contributed by atoms with Crippen molar-refractivity contribution in [3.05, 3.63) is 40.4 Å². The number of esters is 1. The highest BCUT2D eigenvalue weighted by molar-refractivity contribution is 7.07. The normalized spacial score (nSPS) is 11.8. The number of nitrogens with zero attached hydrogens (tertiary/aromatic N) is 2. The number of anilines is 1. The molecule has 1 heterocycles. The number of hydrogen-bond donors (Lipinski definition) is 1. The molecule has 23 heavy (non-hydrogen) atoms. The number of rotatable bonds is 5. The van der Waals surface area contributed by atoms with Crippen molar-refractivity contribution in [2.24, 2.45) is 0 Å². The van der Waals surface area contributed by atoms with E-state index in [1.54, 1.807) is 6.92 Å². The molecular formula is C14H13F2N3O3S. The number of hydrogen-bond acceptors (Lipinski definition) is 6. The predicted octanol–water partition coefficient (Wildman–Crippen LogP) is 2.56. The van der Waals surface area contributed by atoms with Gasteiger partial charge < -0.3 is 10.1 Å². The molecule has 2 rings (SSSR count). The molecule has 122 valence electrons. The molecular weight excluding hydrogens is 328 g/mol. The van der Waals surface area contributed by atoms with Crippen LogP contribution in [0.5, 0.6) is 0 Å². The third-order valence-electron chi connectivity index (χ3n) is 2.94. The van der Waals surface area contributed by atoms with Crippen molar-refractivity contribution >= 4 is 29.1 Å². The molecule has 1 N–H and O–H groups in total. The van der Waals surface area contributed by atoms with E-state index in [0.29, 0.717) is 12.1 Å². The number of halogens is 2. The van der Waals surface area contributed by atoms with Crippen LogP contribution in [0.15, 0.2) is 18.2 Å². The molecule has 0 fully saturated rings. The van der Waals surface area contributed by atoms with E-state index in [0.717, 1.165) is 23.7 Å². The molecule has 1 amide bonds. The van der Waals surface area contributed by atoms with E-state index in [2.05, 4.69) is 14.9 Å². The summed E-state index contributed by atoms with van der Waals surface area (Å²) in [5.41, 5.74) is -0.123. The third kappa shape index (κ3) is 3.86. The lowest BCUT2D eigenvalue weighted by atomic mass is 10.2. The van der Waals surface area contributed by atoms with Gasteiger partial charge in [-0.3, -0.25) is 4.79 Å². The minimum absolute atomic E-state index is 0.198. The molecule has 2 aromatic rings. The Morgan fingerprint density at radius 2 is 2.00 bits per heavy atom. The number of amides is 1. The van der Waals surface area contributed by atoms with Gasteiger partial charge >= 0.3 is 5.97 Å². The first-order valence-electron chi connectivity index (χ1n) is 6.71. The highest BCUT2D eigenvalue weighted by atomic mass is 32.1. The number of para-hydroxylation sites is 1. The maximum Gasteiger partial charge on any atom is 0.352 e. The van der Waals surface area contributed by atoms with Gasteiger partial charge in [-0.1, -0.05) is 17.5 Å². The van der Waals surface area contributed by atoms with E-state index in [4.69, 9.17) is 4.74 Å². The maximum atomic E-state index is 13.5. The fourth-order valence-corrected chi connectivity index (χ4v) is 2.34. The topological polar surface area (TPSA) is 81.2 Å². The fraction of sp³-hybridized carbons (Fsp3) is 0.286. The summed E-state index contributed by atoms with van der Waals surface area (Å²) in [5.74, 6) is -3.44. The second kappa shape index (κ2) is 7.23. The Bertz CT molecular complexity index is 716. The molecule has 9 heteroatoms. The van der Waals surface area contributed by atoms with Gasteiger partial charge in [0.2, 0.25) is 0 Å². The maximum absolute atomic E-state index is 13.5. The van der Waals surface area contributed by atoms with Crippen LogP contribution in [-0.4, -0.2) is 27.6 Å². The van der Waals surface area contributed by atoms with Crippen LogP contribution in [0.4, 0.5) is 14.5 Å². The highest BCUT2D eigenvalue weighted by Gasteiger charge is 2.24. The van der Waals surface area contributed by atoms with Crippen molar-refractivity contribution < 1.29 is 23.1 Å². The molecule has 0 aliphatic heterocycles. The average molecular weight is 341 g/mol. The van der Waals surface area contributed by atoms with Gasteiger partial charge in [-0.15, -0.1) is 5.10 Å². The number of ether oxygens (including phenoxy) is 1. The lowest BCUT2D eigenvalue weighted by molar-refractivity contribution is -0.123. The zero-order valence-corrected chi connectivity index (χ0v) is 13.1. The Labute approximate surface area is 134 Å². The molecule has 0 saturated carbocycles. The van der Waals surface area contributed by atoms with E-state index in [1.165, 1.54) is 13.0 Å². The quantitative estimate of drug-likeness (QED) is 0.845. The van der Waals surface area contributed by atoms with Crippen molar-refractivity contribution in [1.29, 1.82) is 0 Å². The summed E-state index contributed by atoms with van der Waals surface area (Å²) in [4.78, 5) is 24.1. The van der Waals surface area contributed by atoms with Gasteiger partial charge in [-0.25, -0.2) is 13.6 Å². The van der Waals surface area contributed by atoms with Crippen LogP contribution in [0.1, 0.15) is 29.2 Å². The molecule has 0 saturated heterocycles. The molecule has 0 aliphatic rings. The molecule has 0 radical (unpaired) electrons. The summed E-state index contributed by atoms with van der Waals surface area (Å²) in [5, 5.41) is 5.83. The van der Waals surface area contributed by atoms with E-state index in [1.807, 2.05) is 0 Å². The summed E-state index contributed by atoms with van der Waals surface area (Å²) in [6.07, 6.45) is -0.754. The first-order chi connectivity index (χ1) is 10.9. The average Bonchev–Trinajstić information content (AvgIpc) is 2.99. The lowest BCUT2D eigenvalue weighted by Gasteiger charge is -2.13. The van der Waals surface area contributed by atoms with Crippen LogP contribution in [0, 0.1) is 11.6 Å². The van der Waals surface area contributed by atoms with Crippen LogP contribution >= 0.6 is 11.5 Å². The van der Waals surface area contributed by atoms with Crippen LogP contribution in [-0.2, 0) is 16.0 Å². The standard InChI is InChI=1S/C14H13F2N3O3S/c1-3-10-12(23-19-18-10)14(21)22-7(2)13(20)17-11-8(15)5-4-6-9(11)16/h4-7H,3H2,1-2H3,(H,17,20)/t7-/m0/s1. The summed E-state index contributed by atoms with van der Waals surface area (Å²) < 4.78 is 35.6. The number of nitrogens with one attached hydrogen (secondary N) is 1. The van der Waals surface area contributed by atoms with Crippen molar-refractivity contribution in [2.75, 3.05) is 5.32 Å². The smallest absolute Gasteiger partial charge is 0.352 e. The number of carbonyl (C=O) groups is 2. The lowest BCUT2D eigenvalue weighted by Crippen LogP contribution is -2.30. The first-order valence-corrected chi connectivity index (χ1v) is 7.48. The molecule has 1 aromatic heterocycles. The summed E-state index contributed by atoms with van der Waals surface area (Å²) in [6.45, 7) is 3.09. The number of aryl methyl sites for hydroxylation is 1. The Morgan fingerprint density at radius 1 is 1.35 bits per heavy atom. The number of carbonyl (C=O) groups excluding carboxylic acids is 2. The van der Waals surface area contributed by atoms with E-state index < -0.39 is 35.3 Å². The Kier molecular flexibility index (Phi) is 5.32. The molecule has 1 aromatic carbocycles. The molecule has 0 unspecified atom stereocenters. The molecule has 0 aliphatic carbocycles. The third-order valence-corrected chi connectivity index (χ3v) is 3.69. The number of aromatic nitrogens is 2. The van der Waals surface area contributed by atoms with Gasteiger partial charge in [0.1, 0.15) is 17.3 Å². The Balaban J connectivity index is 2.04. The molecule has 0 spiro atoms. The SMILES string of the molecule is CCc1nnsc1C(=O)O[C@@H](C)C(=O)Nc1c(F)cccc1F. The van der Waals surface area contributed by atoms with Crippen molar-refractivity contribution in [3.8, 4) is 0 Å². The molecule has 0 bridgehead atoms. The zero-order valence-electron chi connectivity index (χ0n) is 12.3. The van der Waals surface area contributed by atoms with Gasteiger partial charge in [0.25, 0.3) is 5.91 Å². The monoisotopic (exact) mass is 341 g/mol. The van der Waals surface area contributed by atoms with Crippen molar-refractivity contribution in [1.82, 2.24) is 9.59 Å². The fourth-order valence-electron chi connectivity index (χ4n) is 1.70. The summed E-state index contributed by atoms with van der Waals surface area (Å²) in [6, 6.07) is 3.19. The van der Waals surface area contributed by atoms with Crippen LogP contribution in [0.25, 0.3) is 0 Å². The Morgan fingerprint density at radius 3 is 2.61 bits per heavy atom. The van der Waals surface area contributed by atoms with E-state index in [-0.39, 0.29) is 4.88 Å². The minimum atomic E-state index is -1.24. The van der Waals surface area contributed by atoms with Crippen LogP contribution < -0.4 is 5.32 Å². The first kappa shape index (κ1) is 16.9. The largest absolute Gasteiger partial charge is 0.448 e. The van der Waals surface area contributed by atoms with Gasteiger partial charge in [-0.2, -0.15) is 0 Å². The second-order valence-corrected chi connectivity index (χ2v) is 5.29. The van der Waals surface area contributed by atoms with Gasteiger partial charge in [0.15, 0.2) is 11.0 Å². The van der Waals surface area contributed by atoms with Gasteiger partial charge in [-0.05, 0) is 37.0 Å². The van der Waals surface area contributed by atoms with Crippen molar-refractivity contribution in [3.63, 3.8) is 0 Å². The van der Waals surface area contributed by atoms with E-state index >= 15 is 0 Å². The van der Waals surface area contributed by atoms with Crippen LogP contribution in [0.2, 0.25) is 0 Å². The van der Waals surface area contributed by atoms with Gasteiger partial charge in [0.05, 0.1) is 5.69 Å². The highest BCUT2D eigenvalue weighted by Crippen LogP contribution is 2.19. The number of benzene rings is 1. The predicted molar refractivity (Wildman–Crippen MR) is 79.2 cm³/mol. The van der Waals surface area contributed by atoms with Crippen molar-refractivity contribution in [2.45, 2.75) is 26.4 Å². The summed E-state index contributed by atoms with van der Waals surface area (Å²) in [7, 11) is 0. The molecule has 6 nitrogen and oxygen atoms in total.